The number of halogens is 1. The minimum Gasteiger partial charge on any atom is -0.324 e. The van der Waals surface area contributed by atoms with Crippen molar-refractivity contribution >= 4 is 24.2 Å². The first-order valence-corrected chi connectivity index (χ1v) is 3.62. The summed E-state index contributed by atoms with van der Waals surface area (Å²) in [5.41, 5.74) is 0.674. The van der Waals surface area contributed by atoms with Crippen LogP contribution in [0.25, 0.3) is 0 Å². The van der Waals surface area contributed by atoms with E-state index < -0.39 is 7.12 Å². The topological polar surface area (TPSA) is 70.5 Å². The molecule has 1 rings (SSSR count). The van der Waals surface area contributed by atoms with Crippen molar-refractivity contribution in [2.45, 2.75) is 0 Å². The highest BCUT2D eigenvalue weighted by Gasteiger charge is 2.19. The Kier molecular flexibility index (Phi) is 3.52. The van der Waals surface area contributed by atoms with Crippen LogP contribution in [-0.4, -0.2) is 7.12 Å². The van der Waals surface area contributed by atoms with E-state index in [1.807, 2.05) is 0 Å². The maximum atomic E-state index is 5.71. The van der Waals surface area contributed by atoms with Crippen LogP contribution in [0, 0.1) is 0 Å². The van der Waals surface area contributed by atoms with Crippen LogP contribution in [0.2, 0.25) is 5.02 Å². The minimum absolute atomic E-state index is 0.576. The second-order valence-corrected chi connectivity index (χ2v) is 2.60. The predicted octanol–water partition coefficient (Wildman–Crippen LogP) is -0.184. The van der Waals surface area contributed by atoms with Crippen molar-refractivity contribution < 1.29 is 9.51 Å². The Bertz CT molecular complexity index is 257. The summed E-state index contributed by atoms with van der Waals surface area (Å²) in [6, 6.07) is 6.89. The van der Waals surface area contributed by atoms with Gasteiger partial charge in [0, 0.05) is 5.02 Å². The second kappa shape index (κ2) is 4.44. The van der Waals surface area contributed by atoms with E-state index in [1.165, 1.54) is 0 Å². The van der Waals surface area contributed by atoms with Crippen LogP contribution in [0.15, 0.2) is 24.3 Å². The molecule has 0 amide bonds. The highest BCUT2D eigenvalue weighted by atomic mass is 35.5. The van der Waals surface area contributed by atoms with E-state index in [0.717, 1.165) is 0 Å². The second-order valence-electron chi connectivity index (χ2n) is 2.16. The largest absolute Gasteiger partial charge is 0.528 e. The number of nitrogens with two attached hydrogens (primary N) is 2. The van der Waals surface area contributed by atoms with Crippen LogP contribution in [0.5, 0.6) is 0 Å². The van der Waals surface area contributed by atoms with Gasteiger partial charge in [-0.25, -0.2) is 11.8 Å². The molecule has 4 N–H and O–H groups in total. The van der Waals surface area contributed by atoms with Gasteiger partial charge in [0.25, 0.3) is 0 Å². The molecule has 1 aromatic carbocycles. The van der Waals surface area contributed by atoms with Gasteiger partial charge in [0.1, 0.15) is 0 Å². The number of rotatable bonds is 3. The third kappa shape index (κ3) is 2.20. The van der Waals surface area contributed by atoms with Gasteiger partial charge in [-0.1, -0.05) is 23.7 Å². The molecule has 4 nitrogen and oxygen atoms in total. The zero-order valence-electron chi connectivity index (χ0n) is 6.24. The van der Waals surface area contributed by atoms with E-state index in [2.05, 4.69) is 9.51 Å². The first kappa shape index (κ1) is 9.50. The lowest BCUT2D eigenvalue weighted by molar-refractivity contribution is 0.215. The standard InChI is InChI=1S/C6H8BClN2O2/c8-6-3-1-2-5(4-6)7(11-9)12-10/h1-4H,9-10H2. The van der Waals surface area contributed by atoms with E-state index in [0.29, 0.717) is 10.5 Å². The van der Waals surface area contributed by atoms with Crippen molar-refractivity contribution in [3.05, 3.63) is 29.3 Å². The van der Waals surface area contributed by atoms with Gasteiger partial charge in [-0.05, 0) is 17.6 Å². The van der Waals surface area contributed by atoms with E-state index in [1.54, 1.807) is 24.3 Å². The first-order valence-electron chi connectivity index (χ1n) is 3.24. The molecule has 0 heterocycles. The van der Waals surface area contributed by atoms with Crippen LogP contribution in [0.1, 0.15) is 0 Å². The van der Waals surface area contributed by atoms with Gasteiger partial charge in [0.05, 0.1) is 0 Å². The molecule has 0 spiro atoms. The Morgan fingerprint density at radius 2 is 1.92 bits per heavy atom. The molecule has 12 heavy (non-hydrogen) atoms. The van der Waals surface area contributed by atoms with Crippen molar-refractivity contribution in [2.75, 3.05) is 0 Å². The van der Waals surface area contributed by atoms with Gasteiger partial charge in [0.15, 0.2) is 0 Å². The maximum Gasteiger partial charge on any atom is 0.528 e. The average molecular weight is 186 g/mol. The highest BCUT2D eigenvalue weighted by molar-refractivity contribution is 6.61. The fourth-order valence-electron chi connectivity index (χ4n) is 0.842. The van der Waals surface area contributed by atoms with Crippen molar-refractivity contribution in [1.29, 1.82) is 0 Å². The molecule has 1 aromatic rings. The zero-order valence-corrected chi connectivity index (χ0v) is 6.99. The third-order valence-electron chi connectivity index (χ3n) is 1.37. The molecule has 0 fully saturated rings. The molecule has 0 saturated carbocycles. The molecule has 0 aliphatic carbocycles. The lowest BCUT2D eigenvalue weighted by atomic mass is 9.80. The van der Waals surface area contributed by atoms with Gasteiger partial charge in [-0.15, -0.1) is 0 Å². The number of hydrogen-bond donors (Lipinski definition) is 2. The molecule has 0 aliphatic rings. The summed E-state index contributed by atoms with van der Waals surface area (Å²) in [4.78, 5) is 0. The summed E-state index contributed by atoms with van der Waals surface area (Å²) in [5.74, 6) is 9.83. The normalized spacial score (nSPS) is 9.92. The Hall–Kier alpha value is -0.585. The van der Waals surface area contributed by atoms with Gasteiger partial charge in [0.2, 0.25) is 0 Å². The Morgan fingerprint density at radius 1 is 1.25 bits per heavy atom. The van der Waals surface area contributed by atoms with E-state index in [-0.39, 0.29) is 0 Å². The Labute approximate surface area is 75.4 Å². The fraction of sp³-hybridized carbons (Fsp3) is 0. The first-order chi connectivity index (χ1) is 5.77. The van der Waals surface area contributed by atoms with Crippen LogP contribution in [0.3, 0.4) is 0 Å². The lowest BCUT2D eigenvalue weighted by Gasteiger charge is -2.06. The summed E-state index contributed by atoms with van der Waals surface area (Å²) in [6.07, 6.45) is 0. The summed E-state index contributed by atoms with van der Waals surface area (Å²) < 4.78 is 8.87. The van der Waals surface area contributed by atoms with Crippen molar-refractivity contribution in [3.63, 3.8) is 0 Å². The zero-order chi connectivity index (χ0) is 8.97. The minimum atomic E-state index is -0.774. The Balaban J connectivity index is 2.85. The monoisotopic (exact) mass is 186 g/mol. The number of benzene rings is 1. The van der Waals surface area contributed by atoms with Crippen molar-refractivity contribution in [2.24, 2.45) is 11.8 Å². The van der Waals surface area contributed by atoms with E-state index in [4.69, 9.17) is 23.4 Å². The molecule has 0 saturated heterocycles. The van der Waals surface area contributed by atoms with Crippen LogP contribution < -0.4 is 17.3 Å². The Morgan fingerprint density at radius 3 is 2.42 bits per heavy atom. The molecule has 0 aromatic heterocycles. The molecular weight excluding hydrogens is 178 g/mol. The molecule has 64 valence electrons. The summed E-state index contributed by atoms with van der Waals surface area (Å²) in [7, 11) is -0.774. The average Bonchev–Trinajstić information content (AvgIpc) is 2.07. The van der Waals surface area contributed by atoms with E-state index in [9.17, 15) is 0 Å². The molecule has 6 heteroatoms. The third-order valence-corrected chi connectivity index (χ3v) is 1.60. The molecule has 0 bridgehead atoms. The van der Waals surface area contributed by atoms with Crippen LogP contribution in [0.4, 0.5) is 0 Å². The van der Waals surface area contributed by atoms with Crippen LogP contribution in [-0.2, 0) is 9.51 Å². The fourth-order valence-corrected chi connectivity index (χ4v) is 1.04. The molecule has 0 atom stereocenters. The van der Waals surface area contributed by atoms with Crippen molar-refractivity contribution in [1.82, 2.24) is 0 Å². The summed E-state index contributed by atoms with van der Waals surface area (Å²) in [5, 5.41) is 0.576. The lowest BCUT2D eigenvalue weighted by Crippen LogP contribution is -2.41. The quantitative estimate of drug-likeness (QED) is 0.507. The van der Waals surface area contributed by atoms with Gasteiger partial charge < -0.3 is 9.51 Å². The summed E-state index contributed by atoms with van der Waals surface area (Å²) in [6.45, 7) is 0. The highest BCUT2D eigenvalue weighted by Crippen LogP contribution is 2.04. The smallest absolute Gasteiger partial charge is 0.324 e. The van der Waals surface area contributed by atoms with Gasteiger partial charge >= 0.3 is 7.12 Å². The molecular formula is C6H8BClN2O2. The van der Waals surface area contributed by atoms with E-state index >= 15 is 0 Å². The van der Waals surface area contributed by atoms with Gasteiger partial charge in [-0.3, -0.25) is 0 Å². The molecule has 0 unspecified atom stereocenters. The number of hydrogen-bond acceptors (Lipinski definition) is 4. The predicted molar refractivity (Wildman–Crippen MR) is 47.4 cm³/mol. The molecule has 0 aliphatic heterocycles. The molecule has 0 radical (unpaired) electrons. The van der Waals surface area contributed by atoms with Crippen molar-refractivity contribution in [3.8, 4) is 0 Å². The summed E-state index contributed by atoms with van der Waals surface area (Å²) >= 11 is 5.71. The van der Waals surface area contributed by atoms with Gasteiger partial charge in [-0.2, -0.15) is 0 Å². The van der Waals surface area contributed by atoms with Crippen LogP contribution >= 0.6 is 11.6 Å². The SMILES string of the molecule is NOB(ON)c1cccc(Cl)c1. The maximum absolute atomic E-state index is 5.71.